The molecule has 0 amide bonds. The summed E-state index contributed by atoms with van der Waals surface area (Å²) in [4.78, 5) is 0. The Morgan fingerprint density at radius 1 is 1.22 bits per heavy atom. The van der Waals surface area contributed by atoms with Crippen LogP contribution in [-0.4, -0.2) is 27.6 Å². The van der Waals surface area contributed by atoms with Gasteiger partial charge in [0.05, 0.1) is 5.60 Å². The van der Waals surface area contributed by atoms with Crippen LogP contribution in [0.5, 0.6) is 0 Å². The number of nitrogens with zero attached hydrogens (tertiary/aromatic N) is 2. The Kier molecular flexibility index (Phi) is 3.73. The van der Waals surface area contributed by atoms with Crippen molar-refractivity contribution in [3.05, 3.63) is 11.4 Å². The molecule has 1 heterocycles. The average molecular weight is 253 g/mol. The topological polar surface area (TPSA) is 71.2 Å². The van der Waals surface area contributed by atoms with Crippen LogP contribution in [0.1, 0.15) is 50.9 Å². The van der Waals surface area contributed by atoms with Crippen LogP contribution in [-0.2, 0) is 6.54 Å². The predicted octanol–water partition coefficient (Wildman–Crippen LogP) is 1.80. The third kappa shape index (κ3) is 3.29. The molecule has 1 aromatic heterocycles. The zero-order valence-electron chi connectivity index (χ0n) is 11.5. The molecular weight excluding hydrogens is 230 g/mol. The molecule has 0 bridgehead atoms. The van der Waals surface area contributed by atoms with Gasteiger partial charge in [-0.25, -0.2) is 4.63 Å². The van der Waals surface area contributed by atoms with Gasteiger partial charge in [-0.3, -0.25) is 0 Å². The molecule has 2 N–H and O–H groups in total. The van der Waals surface area contributed by atoms with E-state index in [1.54, 1.807) is 0 Å². The largest absolute Gasteiger partial charge is 0.389 e. The van der Waals surface area contributed by atoms with Gasteiger partial charge in [-0.2, -0.15) is 0 Å². The Morgan fingerprint density at radius 2 is 1.89 bits per heavy atom. The Labute approximate surface area is 108 Å². The van der Waals surface area contributed by atoms with E-state index in [9.17, 15) is 5.11 Å². The van der Waals surface area contributed by atoms with E-state index in [0.717, 1.165) is 37.1 Å². The highest BCUT2D eigenvalue weighted by atomic mass is 16.6. The van der Waals surface area contributed by atoms with Crippen LogP contribution in [0.3, 0.4) is 0 Å². The van der Waals surface area contributed by atoms with Gasteiger partial charge in [0.2, 0.25) is 0 Å². The van der Waals surface area contributed by atoms with E-state index in [-0.39, 0.29) is 0 Å². The second-order valence-corrected chi connectivity index (χ2v) is 6.29. The van der Waals surface area contributed by atoms with Crippen LogP contribution in [0, 0.1) is 12.3 Å². The fourth-order valence-corrected chi connectivity index (χ4v) is 2.39. The highest BCUT2D eigenvalue weighted by Crippen LogP contribution is 2.39. The van der Waals surface area contributed by atoms with Crippen molar-refractivity contribution in [1.82, 2.24) is 15.6 Å². The number of aryl methyl sites for hydroxylation is 1. The van der Waals surface area contributed by atoms with Crippen LogP contribution in [0.25, 0.3) is 0 Å². The van der Waals surface area contributed by atoms with E-state index in [1.165, 1.54) is 0 Å². The van der Waals surface area contributed by atoms with Gasteiger partial charge >= 0.3 is 0 Å². The predicted molar refractivity (Wildman–Crippen MR) is 67.9 cm³/mol. The molecule has 0 aromatic carbocycles. The molecule has 102 valence electrons. The first-order chi connectivity index (χ1) is 8.40. The zero-order valence-corrected chi connectivity index (χ0v) is 11.5. The lowest BCUT2D eigenvalue weighted by atomic mass is 9.71. The molecule has 0 aliphatic heterocycles. The summed E-state index contributed by atoms with van der Waals surface area (Å²) in [5, 5.41) is 21.3. The molecule has 5 heteroatoms. The summed E-state index contributed by atoms with van der Waals surface area (Å²) in [7, 11) is 0. The highest BCUT2D eigenvalue weighted by Gasteiger charge is 2.36. The zero-order chi connectivity index (χ0) is 13.2. The average Bonchev–Trinajstić information content (AvgIpc) is 2.70. The van der Waals surface area contributed by atoms with Crippen molar-refractivity contribution in [1.29, 1.82) is 0 Å². The minimum atomic E-state index is -0.569. The van der Waals surface area contributed by atoms with Gasteiger partial charge in [0.1, 0.15) is 11.4 Å². The van der Waals surface area contributed by atoms with Crippen molar-refractivity contribution in [2.75, 3.05) is 6.54 Å². The Balaban J connectivity index is 1.78. The molecule has 5 nitrogen and oxygen atoms in total. The van der Waals surface area contributed by atoms with Crippen molar-refractivity contribution in [3.63, 3.8) is 0 Å². The fraction of sp³-hybridized carbons (Fsp3) is 0.846. The van der Waals surface area contributed by atoms with Crippen molar-refractivity contribution >= 4 is 0 Å². The fourth-order valence-electron chi connectivity index (χ4n) is 2.39. The van der Waals surface area contributed by atoms with Gasteiger partial charge in [-0.15, -0.1) is 0 Å². The second kappa shape index (κ2) is 4.97. The lowest BCUT2D eigenvalue weighted by molar-refractivity contribution is -0.0245. The van der Waals surface area contributed by atoms with Crippen molar-refractivity contribution in [3.8, 4) is 0 Å². The van der Waals surface area contributed by atoms with Gasteiger partial charge in [0, 0.05) is 13.1 Å². The second-order valence-electron chi connectivity index (χ2n) is 6.29. The first-order valence-corrected chi connectivity index (χ1v) is 6.61. The SMILES string of the molecule is Cc1nonc1CNCC1(O)CCC(C)(C)CC1. The Morgan fingerprint density at radius 3 is 2.44 bits per heavy atom. The first-order valence-electron chi connectivity index (χ1n) is 6.61. The lowest BCUT2D eigenvalue weighted by Crippen LogP contribution is -2.44. The molecule has 1 fully saturated rings. The van der Waals surface area contributed by atoms with Crippen molar-refractivity contribution in [2.45, 2.75) is 58.6 Å². The Hall–Kier alpha value is -0.940. The van der Waals surface area contributed by atoms with Crippen LogP contribution in [0.4, 0.5) is 0 Å². The monoisotopic (exact) mass is 253 g/mol. The quantitative estimate of drug-likeness (QED) is 0.856. The number of hydrogen-bond acceptors (Lipinski definition) is 5. The number of aliphatic hydroxyl groups is 1. The molecule has 0 saturated heterocycles. The molecule has 1 aliphatic carbocycles. The van der Waals surface area contributed by atoms with E-state index in [2.05, 4.69) is 34.1 Å². The number of nitrogens with one attached hydrogen (secondary N) is 1. The highest BCUT2D eigenvalue weighted by molar-refractivity contribution is 5.04. The molecule has 18 heavy (non-hydrogen) atoms. The third-order valence-corrected chi connectivity index (χ3v) is 4.03. The normalized spacial score (nSPS) is 22.0. The van der Waals surface area contributed by atoms with Crippen molar-refractivity contribution in [2.24, 2.45) is 5.41 Å². The standard InChI is InChI=1S/C13H23N3O2/c1-10-11(16-18-15-10)8-14-9-13(17)6-4-12(2,3)5-7-13/h14,17H,4-9H2,1-3H3. The molecule has 1 saturated carbocycles. The first kappa shape index (κ1) is 13.5. The summed E-state index contributed by atoms with van der Waals surface area (Å²) < 4.78 is 4.64. The maximum atomic E-state index is 10.5. The van der Waals surface area contributed by atoms with Crippen LogP contribution >= 0.6 is 0 Å². The number of hydrogen-bond donors (Lipinski definition) is 2. The maximum Gasteiger partial charge on any atom is 0.121 e. The van der Waals surface area contributed by atoms with E-state index < -0.39 is 5.60 Å². The van der Waals surface area contributed by atoms with Crippen molar-refractivity contribution < 1.29 is 9.74 Å². The molecule has 2 rings (SSSR count). The van der Waals surface area contributed by atoms with E-state index in [0.29, 0.717) is 18.5 Å². The van der Waals surface area contributed by atoms with Crippen LogP contribution in [0.2, 0.25) is 0 Å². The van der Waals surface area contributed by atoms with E-state index in [1.807, 2.05) is 6.92 Å². The molecule has 0 spiro atoms. The molecular formula is C13H23N3O2. The number of rotatable bonds is 4. The van der Waals surface area contributed by atoms with E-state index in [4.69, 9.17) is 0 Å². The van der Waals surface area contributed by atoms with Gasteiger partial charge in [0.25, 0.3) is 0 Å². The summed E-state index contributed by atoms with van der Waals surface area (Å²) in [6.45, 7) is 7.61. The van der Waals surface area contributed by atoms with Gasteiger partial charge in [-0.05, 0) is 38.0 Å². The summed E-state index contributed by atoms with van der Waals surface area (Å²) in [6, 6.07) is 0. The van der Waals surface area contributed by atoms with Gasteiger partial charge in [-0.1, -0.05) is 24.2 Å². The summed E-state index contributed by atoms with van der Waals surface area (Å²) >= 11 is 0. The number of aromatic nitrogens is 2. The summed E-state index contributed by atoms with van der Waals surface area (Å²) in [5.41, 5.74) is 1.42. The van der Waals surface area contributed by atoms with Gasteiger partial charge in [0.15, 0.2) is 0 Å². The third-order valence-electron chi connectivity index (χ3n) is 4.03. The van der Waals surface area contributed by atoms with Crippen LogP contribution < -0.4 is 5.32 Å². The minimum Gasteiger partial charge on any atom is -0.389 e. The molecule has 0 atom stereocenters. The molecule has 1 aliphatic rings. The molecule has 0 radical (unpaired) electrons. The maximum absolute atomic E-state index is 10.5. The van der Waals surface area contributed by atoms with Gasteiger partial charge < -0.3 is 10.4 Å². The van der Waals surface area contributed by atoms with E-state index >= 15 is 0 Å². The smallest absolute Gasteiger partial charge is 0.121 e. The summed E-state index contributed by atoms with van der Waals surface area (Å²) in [6.07, 6.45) is 3.89. The Bertz CT molecular complexity index is 391. The van der Waals surface area contributed by atoms with Crippen LogP contribution in [0.15, 0.2) is 4.63 Å². The lowest BCUT2D eigenvalue weighted by Gasteiger charge is -2.40. The minimum absolute atomic E-state index is 0.374. The molecule has 1 aromatic rings. The summed E-state index contributed by atoms with van der Waals surface area (Å²) in [5.74, 6) is 0. The molecule has 0 unspecified atom stereocenters.